The highest BCUT2D eigenvalue weighted by Gasteiger charge is 2.44. The van der Waals surface area contributed by atoms with Crippen molar-refractivity contribution in [3.05, 3.63) is 16.0 Å². The molecule has 11 heteroatoms. The molecule has 0 radical (unpaired) electrons. The second-order valence-electron chi connectivity index (χ2n) is 8.64. The van der Waals surface area contributed by atoms with Crippen molar-refractivity contribution in [1.82, 2.24) is 30.4 Å². The van der Waals surface area contributed by atoms with Gasteiger partial charge in [0.25, 0.3) is 0 Å². The molecule has 6 rings (SSSR count). The number of ether oxygens (including phenoxy) is 1. The molecule has 2 unspecified atom stereocenters. The molecule has 0 saturated carbocycles. The van der Waals surface area contributed by atoms with Gasteiger partial charge < -0.3 is 9.64 Å². The number of nitrogens with zero attached hydrogens (tertiary/aromatic N) is 5. The number of hydrogen-bond donors (Lipinski definition) is 2. The van der Waals surface area contributed by atoms with Crippen molar-refractivity contribution in [1.29, 1.82) is 0 Å². The third-order valence-corrected chi connectivity index (χ3v) is 8.75. The minimum Gasteiger partial charge on any atom is -0.378 e. The van der Waals surface area contributed by atoms with Gasteiger partial charge in [-0.3, -0.25) is 15.1 Å². The van der Waals surface area contributed by atoms with Crippen LogP contribution in [0.5, 0.6) is 0 Å². The van der Waals surface area contributed by atoms with Crippen molar-refractivity contribution >= 4 is 35.0 Å². The number of thiophene rings is 1. The fraction of sp³-hybridized carbons (Fsp3) is 0.650. The third-order valence-electron chi connectivity index (χ3n) is 6.57. The SMILES string of the molecule is CC1NC2c3c(sc4c3[C@H](C)CCC4)-n3c(SCC(=O)N4CCOCC4)nnc3N2N1. The summed E-state index contributed by atoms with van der Waals surface area (Å²) >= 11 is 3.36. The van der Waals surface area contributed by atoms with E-state index in [1.54, 1.807) is 0 Å². The Kier molecular flexibility index (Phi) is 4.98. The van der Waals surface area contributed by atoms with E-state index in [9.17, 15) is 4.79 Å². The van der Waals surface area contributed by atoms with Crippen LogP contribution in [0.2, 0.25) is 0 Å². The zero-order valence-electron chi connectivity index (χ0n) is 17.8. The lowest BCUT2D eigenvalue weighted by Crippen LogP contribution is -2.41. The number of morpholine rings is 1. The highest BCUT2D eigenvalue weighted by atomic mass is 32.2. The molecule has 4 aliphatic rings. The van der Waals surface area contributed by atoms with E-state index < -0.39 is 0 Å². The Morgan fingerprint density at radius 3 is 2.94 bits per heavy atom. The summed E-state index contributed by atoms with van der Waals surface area (Å²) in [6.45, 7) is 7.04. The lowest BCUT2D eigenvalue weighted by molar-refractivity contribution is -0.132. The van der Waals surface area contributed by atoms with Crippen LogP contribution in [0.3, 0.4) is 0 Å². The topological polar surface area (TPSA) is 87.5 Å². The molecule has 1 aliphatic carbocycles. The molecule has 2 aromatic heterocycles. The van der Waals surface area contributed by atoms with E-state index >= 15 is 0 Å². The Morgan fingerprint density at radius 2 is 2.10 bits per heavy atom. The molecule has 1 amide bonds. The minimum atomic E-state index is 0.0649. The van der Waals surface area contributed by atoms with E-state index in [2.05, 4.69) is 44.4 Å². The van der Waals surface area contributed by atoms with Crippen LogP contribution in [-0.2, 0) is 16.0 Å². The van der Waals surface area contributed by atoms with E-state index in [1.807, 2.05) is 16.2 Å². The summed E-state index contributed by atoms with van der Waals surface area (Å²) in [4.78, 5) is 16.1. The first-order valence-electron chi connectivity index (χ1n) is 11.0. The number of amides is 1. The predicted octanol–water partition coefficient (Wildman–Crippen LogP) is 1.99. The molecule has 3 atom stereocenters. The number of carbonyl (C=O) groups is 1. The van der Waals surface area contributed by atoms with Crippen molar-refractivity contribution in [2.24, 2.45) is 0 Å². The molecule has 5 heterocycles. The maximum Gasteiger partial charge on any atom is 0.249 e. The fourth-order valence-electron chi connectivity index (χ4n) is 5.10. The molecule has 2 saturated heterocycles. The molecular weight excluding hydrogens is 434 g/mol. The first-order valence-corrected chi connectivity index (χ1v) is 12.8. The summed E-state index contributed by atoms with van der Waals surface area (Å²) in [6.07, 6.45) is 3.83. The van der Waals surface area contributed by atoms with Crippen LogP contribution < -0.4 is 15.8 Å². The third kappa shape index (κ3) is 3.20. The van der Waals surface area contributed by atoms with E-state index in [-0.39, 0.29) is 18.2 Å². The lowest BCUT2D eigenvalue weighted by atomic mass is 9.85. The average Bonchev–Trinajstić information content (AvgIpc) is 3.47. The van der Waals surface area contributed by atoms with Crippen LogP contribution >= 0.6 is 23.1 Å². The van der Waals surface area contributed by atoms with Gasteiger partial charge in [0, 0.05) is 23.5 Å². The van der Waals surface area contributed by atoms with Gasteiger partial charge in [-0.25, -0.2) is 9.99 Å². The number of nitrogens with one attached hydrogen (secondary N) is 2. The monoisotopic (exact) mass is 461 g/mol. The van der Waals surface area contributed by atoms with Gasteiger partial charge in [-0.05, 0) is 37.7 Å². The summed E-state index contributed by atoms with van der Waals surface area (Å²) < 4.78 is 7.53. The first kappa shape index (κ1) is 20.0. The van der Waals surface area contributed by atoms with Gasteiger partial charge in [-0.2, -0.15) is 0 Å². The molecular formula is C20H27N7O2S2. The van der Waals surface area contributed by atoms with Crippen LogP contribution in [0.15, 0.2) is 5.16 Å². The van der Waals surface area contributed by atoms with E-state index in [4.69, 9.17) is 4.74 Å². The molecule has 0 bridgehead atoms. The quantitative estimate of drug-likeness (QED) is 0.671. The molecule has 2 fully saturated rings. The Balaban J connectivity index is 1.36. The number of aromatic nitrogens is 3. The number of anilines is 1. The standard InChI is InChI=1S/C20H27N7O2S2/c1-11-4-3-5-13-15(11)16-17-21-12(2)24-27(17)19-22-23-20(26(19)18(16)31-13)30-10-14(28)25-6-8-29-9-7-25/h11-12,17,21,24H,3-10H2,1-2H3/t11-,12?,17?/m1/s1. The number of aryl methyl sites for hydroxylation is 1. The number of carbonyl (C=O) groups excluding carboxylic acids is 1. The largest absolute Gasteiger partial charge is 0.378 e. The Morgan fingerprint density at radius 1 is 1.26 bits per heavy atom. The normalized spacial score (nSPS) is 27.0. The average molecular weight is 462 g/mol. The molecule has 0 spiro atoms. The van der Waals surface area contributed by atoms with Gasteiger partial charge >= 0.3 is 0 Å². The van der Waals surface area contributed by atoms with Gasteiger partial charge in [0.05, 0.1) is 25.1 Å². The van der Waals surface area contributed by atoms with Crippen LogP contribution in [0.4, 0.5) is 5.95 Å². The summed E-state index contributed by atoms with van der Waals surface area (Å²) in [7, 11) is 0. The maximum atomic E-state index is 12.7. The van der Waals surface area contributed by atoms with Crippen molar-refractivity contribution in [3.8, 4) is 5.00 Å². The van der Waals surface area contributed by atoms with Crippen molar-refractivity contribution < 1.29 is 9.53 Å². The molecule has 0 aromatic carbocycles. The summed E-state index contributed by atoms with van der Waals surface area (Å²) in [5.41, 5.74) is 6.36. The van der Waals surface area contributed by atoms with Crippen LogP contribution in [0.25, 0.3) is 5.00 Å². The maximum absolute atomic E-state index is 12.7. The Hall–Kier alpha value is -1.66. The van der Waals surface area contributed by atoms with E-state index in [0.717, 1.165) is 17.5 Å². The molecule has 3 aliphatic heterocycles. The number of hydrazine groups is 1. The zero-order chi connectivity index (χ0) is 21.1. The molecule has 166 valence electrons. The number of rotatable bonds is 3. The first-order chi connectivity index (χ1) is 15.1. The second-order valence-corrected chi connectivity index (χ2v) is 10.7. The summed E-state index contributed by atoms with van der Waals surface area (Å²) in [6, 6.07) is 0. The molecule has 9 nitrogen and oxygen atoms in total. The van der Waals surface area contributed by atoms with Crippen molar-refractivity contribution in [2.75, 3.05) is 37.1 Å². The summed E-state index contributed by atoms with van der Waals surface area (Å²) in [5, 5.41) is 16.8. The van der Waals surface area contributed by atoms with Gasteiger partial charge in [0.1, 0.15) is 11.2 Å². The van der Waals surface area contributed by atoms with Crippen molar-refractivity contribution in [2.45, 2.75) is 56.5 Å². The van der Waals surface area contributed by atoms with Gasteiger partial charge in [0.2, 0.25) is 11.9 Å². The molecule has 31 heavy (non-hydrogen) atoms. The highest BCUT2D eigenvalue weighted by molar-refractivity contribution is 7.99. The Labute approximate surface area is 189 Å². The Bertz CT molecular complexity index is 1020. The smallest absolute Gasteiger partial charge is 0.249 e. The number of hydrogen-bond acceptors (Lipinski definition) is 9. The summed E-state index contributed by atoms with van der Waals surface area (Å²) in [5.74, 6) is 1.84. The van der Waals surface area contributed by atoms with Crippen LogP contribution in [-0.4, -0.2) is 63.8 Å². The van der Waals surface area contributed by atoms with Gasteiger partial charge in [0.15, 0.2) is 5.16 Å². The van der Waals surface area contributed by atoms with Gasteiger partial charge in [-0.15, -0.1) is 21.5 Å². The zero-order valence-corrected chi connectivity index (χ0v) is 19.4. The molecule has 2 N–H and O–H groups in total. The minimum absolute atomic E-state index is 0.0649. The number of thioether (sulfide) groups is 1. The van der Waals surface area contributed by atoms with E-state index in [1.165, 1.54) is 45.6 Å². The molecule has 2 aromatic rings. The van der Waals surface area contributed by atoms with E-state index in [0.29, 0.717) is 38.0 Å². The van der Waals surface area contributed by atoms with Crippen molar-refractivity contribution in [3.63, 3.8) is 0 Å². The fourth-order valence-corrected chi connectivity index (χ4v) is 7.48. The second kappa shape index (κ2) is 7.73. The number of fused-ring (bicyclic) bond motifs is 8. The van der Waals surface area contributed by atoms with Crippen LogP contribution in [0.1, 0.15) is 54.8 Å². The van der Waals surface area contributed by atoms with Gasteiger partial charge in [-0.1, -0.05) is 18.7 Å². The lowest BCUT2D eigenvalue weighted by Gasteiger charge is -2.32. The van der Waals surface area contributed by atoms with Crippen LogP contribution in [0, 0.1) is 0 Å². The predicted molar refractivity (Wildman–Crippen MR) is 120 cm³/mol. The highest BCUT2D eigenvalue weighted by Crippen LogP contribution is 2.50.